The van der Waals surface area contributed by atoms with Crippen LogP contribution in [0.15, 0.2) is 42.5 Å². The fraction of sp³-hybridized carbons (Fsp3) is 0.333. The molecule has 1 fully saturated rings. The van der Waals surface area contributed by atoms with E-state index >= 15 is 0 Å². The topological polar surface area (TPSA) is 41.5 Å². The quantitative estimate of drug-likeness (QED) is 0.831. The first-order valence-electron chi connectivity index (χ1n) is 7.50. The van der Waals surface area contributed by atoms with Crippen LogP contribution >= 0.6 is 0 Å². The van der Waals surface area contributed by atoms with Crippen LogP contribution in [0.1, 0.15) is 35.3 Å². The minimum Gasteiger partial charge on any atom is -0.508 e. The molecule has 108 valence electrons. The molecule has 0 bridgehead atoms. The van der Waals surface area contributed by atoms with Gasteiger partial charge in [-0.2, -0.15) is 0 Å². The first kappa shape index (κ1) is 12.7. The Morgan fingerprint density at radius 2 is 2.10 bits per heavy atom. The van der Waals surface area contributed by atoms with Crippen LogP contribution in [0.2, 0.25) is 0 Å². The predicted octanol–water partition coefficient (Wildman–Crippen LogP) is 3.95. The zero-order valence-electron chi connectivity index (χ0n) is 12.0. The van der Waals surface area contributed by atoms with Gasteiger partial charge in [-0.25, -0.2) is 0 Å². The Bertz CT molecular complexity index is 683. The van der Waals surface area contributed by atoms with Crippen molar-refractivity contribution in [2.75, 3.05) is 11.9 Å². The number of aryl methyl sites for hydroxylation is 1. The molecular weight excluding hydrogens is 262 g/mol. The Kier molecular flexibility index (Phi) is 2.89. The van der Waals surface area contributed by atoms with Gasteiger partial charge in [-0.1, -0.05) is 29.8 Å². The molecule has 2 heterocycles. The summed E-state index contributed by atoms with van der Waals surface area (Å²) in [4.78, 5) is 0. The highest BCUT2D eigenvalue weighted by Crippen LogP contribution is 2.50. The van der Waals surface area contributed by atoms with Gasteiger partial charge in [-0.3, -0.25) is 0 Å². The lowest BCUT2D eigenvalue weighted by molar-refractivity contribution is 0.0828. The van der Waals surface area contributed by atoms with E-state index in [1.165, 1.54) is 11.1 Å². The van der Waals surface area contributed by atoms with E-state index in [-0.39, 0.29) is 12.1 Å². The summed E-state index contributed by atoms with van der Waals surface area (Å²) >= 11 is 0. The number of anilines is 1. The molecule has 2 aromatic carbocycles. The molecule has 2 N–H and O–H groups in total. The van der Waals surface area contributed by atoms with Crippen LogP contribution in [0.25, 0.3) is 0 Å². The Hall–Kier alpha value is -2.00. The van der Waals surface area contributed by atoms with Crippen LogP contribution in [0.3, 0.4) is 0 Å². The molecule has 3 heteroatoms. The van der Waals surface area contributed by atoms with E-state index in [0.29, 0.717) is 11.7 Å². The molecule has 1 saturated heterocycles. The van der Waals surface area contributed by atoms with Crippen molar-refractivity contribution in [3.63, 3.8) is 0 Å². The van der Waals surface area contributed by atoms with Crippen molar-refractivity contribution in [2.45, 2.75) is 25.5 Å². The van der Waals surface area contributed by atoms with Gasteiger partial charge in [-0.15, -0.1) is 0 Å². The molecule has 0 saturated carbocycles. The minimum absolute atomic E-state index is 0.161. The van der Waals surface area contributed by atoms with E-state index in [1.54, 1.807) is 6.07 Å². The first-order chi connectivity index (χ1) is 10.2. The number of fused-ring (bicyclic) bond motifs is 3. The number of phenolic OH excluding ortho intramolecular Hbond substituents is 1. The number of aromatic hydroxyl groups is 1. The predicted molar refractivity (Wildman–Crippen MR) is 82.4 cm³/mol. The van der Waals surface area contributed by atoms with E-state index in [0.717, 1.165) is 24.3 Å². The molecule has 3 nitrogen and oxygen atoms in total. The molecular formula is C18H19NO2. The summed E-state index contributed by atoms with van der Waals surface area (Å²) < 4.78 is 6.02. The average molecular weight is 281 g/mol. The van der Waals surface area contributed by atoms with Crippen LogP contribution in [-0.2, 0) is 4.74 Å². The molecule has 3 atom stereocenters. The summed E-state index contributed by atoms with van der Waals surface area (Å²) in [5, 5.41) is 13.4. The molecule has 2 aromatic rings. The Morgan fingerprint density at radius 1 is 1.19 bits per heavy atom. The molecule has 2 aliphatic rings. The number of hydrogen-bond acceptors (Lipinski definition) is 3. The Morgan fingerprint density at radius 3 is 2.95 bits per heavy atom. The van der Waals surface area contributed by atoms with Gasteiger partial charge in [0.25, 0.3) is 0 Å². The summed E-state index contributed by atoms with van der Waals surface area (Å²) in [6, 6.07) is 14.2. The van der Waals surface area contributed by atoms with Crippen LogP contribution in [-0.4, -0.2) is 11.7 Å². The summed E-state index contributed by atoms with van der Waals surface area (Å²) in [5.41, 5.74) is 4.81. The van der Waals surface area contributed by atoms with E-state index in [9.17, 15) is 5.11 Å². The van der Waals surface area contributed by atoms with Crippen LogP contribution in [0.4, 0.5) is 5.69 Å². The molecule has 21 heavy (non-hydrogen) atoms. The largest absolute Gasteiger partial charge is 0.508 e. The second kappa shape index (κ2) is 4.78. The molecule has 0 radical (unpaired) electrons. The lowest BCUT2D eigenvalue weighted by Crippen LogP contribution is -2.29. The highest BCUT2D eigenvalue weighted by atomic mass is 16.5. The lowest BCUT2D eigenvalue weighted by atomic mass is 9.80. The summed E-state index contributed by atoms with van der Waals surface area (Å²) in [6.07, 6.45) is 1.21. The van der Waals surface area contributed by atoms with Gasteiger partial charge in [0.1, 0.15) is 5.75 Å². The summed E-state index contributed by atoms with van der Waals surface area (Å²) in [5.74, 6) is 0.737. The van der Waals surface area contributed by atoms with Gasteiger partial charge in [0, 0.05) is 23.8 Å². The van der Waals surface area contributed by atoms with Gasteiger partial charge in [-0.05, 0) is 37.1 Å². The fourth-order valence-electron chi connectivity index (χ4n) is 3.64. The maximum Gasteiger partial charge on any atom is 0.115 e. The SMILES string of the molecule is Cc1ccc2c(c1)[C@H]1OCC[C@H]1[C@H](c1cccc(O)c1)N2. The number of nitrogens with one attached hydrogen (secondary N) is 1. The monoisotopic (exact) mass is 281 g/mol. The van der Waals surface area contributed by atoms with Crippen molar-refractivity contribution in [1.29, 1.82) is 0 Å². The van der Waals surface area contributed by atoms with Crippen molar-refractivity contribution < 1.29 is 9.84 Å². The van der Waals surface area contributed by atoms with Gasteiger partial charge < -0.3 is 15.2 Å². The van der Waals surface area contributed by atoms with Gasteiger partial charge >= 0.3 is 0 Å². The van der Waals surface area contributed by atoms with Crippen molar-refractivity contribution in [3.8, 4) is 5.75 Å². The van der Waals surface area contributed by atoms with E-state index < -0.39 is 0 Å². The van der Waals surface area contributed by atoms with Crippen molar-refractivity contribution in [2.24, 2.45) is 5.92 Å². The van der Waals surface area contributed by atoms with E-state index in [2.05, 4.69) is 36.5 Å². The molecule has 4 rings (SSSR count). The van der Waals surface area contributed by atoms with Crippen LogP contribution in [0.5, 0.6) is 5.75 Å². The number of hydrogen-bond donors (Lipinski definition) is 2. The number of ether oxygens (including phenoxy) is 1. The van der Waals surface area contributed by atoms with Gasteiger partial charge in [0.2, 0.25) is 0 Å². The van der Waals surface area contributed by atoms with Gasteiger partial charge in [0.05, 0.1) is 12.1 Å². The zero-order valence-corrected chi connectivity index (χ0v) is 12.0. The van der Waals surface area contributed by atoms with Crippen LogP contribution in [0, 0.1) is 12.8 Å². The zero-order chi connectivity index (χ0) is 14.4. The lowest BCUT2D eigenvalue weighted by Gasteiger charge is -2.36. The maximum atomic E-state index is 9.76. The molecule has 0 unspecified atom stereocenters. The molecule has 2 aliphatic heterocycles. The molecule has 0 aromatic heterocycles. The number of benzene rings is 2. The normalized spacial score (nSPS) is 26.8. The van der Waals surface area contributed by atoms with Crippen molar-refractivity contribution in [3.05, 3.63) is 59.2 Å². The Balaban J connectivity index is 1.79. The minimum atomic E-state index is 0.161. The maximum absolute atomic E-state index is 9.76. The fourth-order valence-corrected chi connectivity index (χ4v) is 3.64. The van der Waals surface area contributed by atoms with Crippen molar-refractivity contribution >= 4 is 5.69 Å². The highest BCUT2D eigenvalue weighted by molar-refractivity contribution is 5.58. The molecule has 0 aliphatic carbocycles. The van der Waals surface area contributed by atoms with Crippen molar-refractivity contribution in [1.82, 2.24) is 0 Å². The van der Waals surface area contributed by atoms with E-state index in [1.807, 2.05) is 12.1 Å². The third kappa shape index (κ3) is 2.09. The number of rotatable bonds is 1. The second-order valence-corrected chi connectivity index (χ2v) is 6.05. The van der Waals surface area contributed by atoms with Crippen LogP contribution < -0.4 is 5.32 Å². The first-order valence-corrected chi connectivity index (χ1v) is 7.50. The number of phenols is 1. The smallest absolute Gasteiger partial charge is 0.115 e. The van der Waals surface area contributed by atoms with E-state index in [4.69, 9.17) is 4.74 Å². The molecule has 0 amide bonds. The third-order valence-electron chi connectivity index (χ3n) is 4.62. The Labute approximate surface area is 124 Å². The molecule has 0 spiro atoms. The summed E-state index contributed by atoms with van der Waals surface area (Å²) in [6.45, 7) is 2.92. The third-order valence-corrected chi connectivity index (χ3v) is 4.62. The average Bonchev–Trinajstić information content (AvgIpc) is 2.96. The standard InChI is InChI=1S/C18H19NO2/c1-11-5-6-16-15(9-11)18-14(7-8-21-18)17(19-16)12-3-2-4-13(20)10-12/h2-6,9-10,14,17-20H,7-8H2,1H3/t14-,17-,18-/m0/s1. The highest BCUT2D eigenvalue weighted by Gasteiger charge is 2.41. The second-order valence-electron chi connectivity index (χ2n) is 6.05. The van der Waals surface area contributed by atoms with Gasteiger partial charge in [0.15, 0.2) is 0 Å². The summed E-state index contributed by atoms with van der Waals surface area (Å²) in [7, 11) is 0.